The highest BCUT2D eigenvalue weighted by Gasteiger charge is 2.66. The lowest BCUT2D eigenvalue weighted by Crippen LogP contribution is -2.29. The van der Waals surface area contributed by atoms with Crippen LogP contribution in [0, 0.1) is 5.41 Å². The van der Waals surface area contributed by atoms with Crippen LogP contribution in [0.2, 0.25) is 0 Å². The van der Waals surface area contributed by atoms with Crippen molar-refractivity contribution in [1.82, 2.24) is 10.4 Å². The van der Waals surface area contributed by atoms with E-state index in [2.05, 4.69) is 47.4 Å². The predicted octanol–water partition coefficient (Wildman–Crippen LogP) is 2.43. The number of pyridine rings is 1. The fraction of sp³-hybridized carbons (Fsp3) is 0.364. The molecule has 1 aromatic heterocycles. The average molecular weight is 361 g/mol. The van der Waals surface area contributed by atoms with Gasteiger partial charge < -0.3 is 0 Å². The summed E-state index contributed by atoms with van der Waals surface area (Å²) in [7, 11) is 0. The Kier molecular flexibility index (Phi) is 3.36. The number of nitrogens with zero attached hydrogens (tertiary/aromatic N) is 2. The fourth-order valence-electron chi connectivity index (χ4n) is 1.39. The molecule has 0 spiro atoms. The van der Waals surface area contributed by atoms with Crippen molar-refractivity contribution in [2.75, 3.05) is 0 Å². The molecule has 1 aliphatic rings. The van der Waals surface area contributed by atoms with Crippen LogP contribution in [0.15, 0.2) is 29.6 Å². The molecule has 0 saturated heterocycles. The Hall–Kier alpha value is -0.750. The van der Waals surface area contributed by atoms with E-state index in [4.69, 9.17) is 0 Å². The van der Waals surface area contributed by atoms with E-state index in [1.807, 2.05) is 19.1 Å². The monoisotopic (exact) mass is 359 g/mol. The molecule has 1 aromatic rings. The number of aromatic nitrogens is 1. The Balaban J connectivity index is 1.92. The molecule has 0 bridgehead atoms. The van der Waals surface area contributed by atoms with Crippen LogP contribution < -0.4 is 5.43 Å². The quantitative estimate of drug-likeness (QED) is 0.511. The van der Waals surface area contributed by atoms with E-state index in [-0.39, 0.29) is 9.14 Å². The fourth-order valence-corrected chi connectivity index (χ4v) is 2.87. The number of rotatable bonds is 3. The van der Waals surface area contributed by atoms with Crippen molar-refractivity contribution in [3.05, 3.63) is 30.1 Å². The highest BCUT2D eigenvalue weighted by atomic mass is 79.9. The van der Waals surface area contributed by atoms with Crippen LogP contribution in [0.1, 0.15) is 18.9 Å². The Morgan fingerprint density at radius 1 is 1.65 bits per heavy atom. The SMILES string of the molecule is C[C@@]1(C(=O)NN=Cc2cccnc2)CC1(Br)Br. The van der Waals surface area contributed by atoms with Crippen LogP contribution in [0.4, 0.5) is 0 Å². The molecule has 0 radical (unpaired) electrons. The molecule has 4 nitrogen and oxygen atoms in total. The first-order valence-corrected chi connectivity index (χ1v) is 6.66. The van der Waals surface area contributed by atoms with Gasteiger partial charge in [0.25, 0.3) is 0 Å². The first kappa shape index (κ1) is 12.7. The van der Waals surface area contributed by atoms with E-state index in [1.54, 1.807) is 18.6 Å². The molecule has 1 amide bonds. The molecular weight excluding hydrogens is 350 g/mol. The van der Waals surface area contributed by atoms with Crippen LogP contribution in [0.25, 0.3) is 0 Å². The predicted molar refractivity (Wildman–Crippen MR) is 73.3 cm³/mol. The molecule has 1 heterocycles. The number of alkyl halides is 2. The van der Waals surface area contributed by atoms with Gasteiger partial charge in [0.2, 0.25) is 5.91 Å². The molecule has 90 valence electrons. The first-order chi connectivity index (χ1) is 7.96. The van der Waals surface area contributed by atoms with Gasteiger partial charge in [0.15, 0.2) is 0 Å². The Morgan fingerprint density at radius 2 is 2.35 bits per heavy atom. The second-order valence-corrected chi connectivity index (χ2v) is 7.97. The van der Waals surface area contributed by atoms with Crippen molar-refractivity contribution in [3.8, 4) is 0 Å². The molecule has 1 fully saturated rings. The van der Waals surface area contributed by atoms with E-state index >= 15 is 0 Å². The zero-order valence-corrected chi connectivity index (χ0v) is 12.3. The standard InChI is InChI=1S/C11H11Br2N3O/c1-10(7-11(10,12)13)9(17)16-15-6-8-3-2-4-14-5-8/h2-6H,7H2,1H3,(H,16,17)/t10-/m0/s1. The second-order valence-electron chi connectivity index (χ2n) is 4.20. The van der Waals surface area contributed by atoms with Gasteiger partial charge in [0.05, 0.1) is 14.9 Å². The summed E-state index contributed by atoms with van der Waals surface area (Å²) < 4.78 is -0.291. The minimum Gasteiger partial charge on any atom is -0.272 e. The van der Waals surface area contributed by atoms with Crippen molar-refractivity contribution in [2.24, 2.45) is 10.5 Å². The molecule has 6 heteroatoms. The molecule has 0 aliphatic heterocycles. The zero-order valence-electron chi connectivity index (χ0n) is 9.15. The first-order valence-electron chi connectivity index (χ1n) is 5.07. The number of amides is 1. The maximum absolute atomic E-state index is 11.8. The lowest BCUT2D eigenvalue weighted by atomic mass is 10.1. The van der Waals surface area contributed by atoms with Gasteiger partial charge in [0.1, 0.15) is 0 Å². The summed E-state index contributed by atoms with van der Waals surface area (Å²) in [5.41, 5.74) is 2.93. The summed E-state index contributed by atoms with van der Waals surface area (Å²) in [6, 6.07) is 3.67. The summed E-state index contributed by atoms with van der Waals surface area (Å²) in [6.45, 7) is 1.88. The topological polar surface area (TPSA) is 54.4 Å². The summed E-state index contributed by atoms with van der Waals surface area (Å²) in [4.78, 5) is 15.8. The van der Waals surface area contributed by atoms with Crippen LogP contribution >= 0.6 is 31.9 Å². The highest BCUT2D eigenvalue weighted by molar-refractivity contribution is 9.25. The van der Waals surface area contributed by atoms with Gasteiger partial charge in [0, 0.05) is 18.0 Å². The minimum absolute atomic E-state index is 0.105. The third-order valence-electron chi connectivity index (χ3n) is 2.82. The molecule has 0 unspecified atom stereocenters. The number of halogens is 2. The molecule has 0 aromatic carbocycles. The largest absolute Gasteiger partial charge is 0.272 e. The second kappa shape index (κ2) is 4.49. The number of hydrogen-bond acceptors (Lipinski definition) is 3. The van der Waals surface area contributed by atoms with E-state index in [1.165, 1.54) is 0 Å². The number of carbonyl (C=O) groups is 1. The van der Waals surface area contributed by atoms with Crippen molar-refractivity contribution < 1.29 is 4.79 Å². The third kappa shape index (κ3) is 2.57. The van der Waals surface area contributed by atoms with Gasteiger partial charge in [-0.15, -0.1) is 0 Å². The number of nitrogens with one attached hydrogen (secondary N) is 1. The van der Waals surface area contributed by atoms with Crippen LogP contribution in [0.5, 0.6) is 0 Å². The van der Waals surface area contributed by atoms with Gasteiger partial charge in [-0.2, -0.15) is 5.10 Å². The normalized spacial score (nSPS) is 25.8. The van der Waals surface area contributed by atoms with Gasteiger partial charge in [-0.3, -0.25) is 9.78 Å². The van der Waals surface area contributed by atoms with Crippen molar-refractivity contribution in [3.63, 3.8) is 0 Å². The zero-order chi connectivity index (χ0) is 12.5. The summed E-state index contributed by atoms with van der Waals surface area (Å²) in [5, 5.41) is 3.91. The van der Waals surface area contributed by atoms with E-state index in [0.717, 1.165) is 12.0 Å². The van der Waals surface area contributed by atoms with Crippen molar-refractivity contribution in [1.29, 1.82) is 0 Å². The number of hydrazone groups is 1. The Labute approximate surface area is 116 Å². The maximum Gasteiger partial charge on any atom is 0.248 e. The van der Waals surface area contributed by atoms with E-state index in [0.29, 0.717) is 0 Å². The number of hydrogen-bond donors (Lipinski definition) is 1. The molecule has 1 saturated carbocycles. The van der Waals surface area contributed by atoms with Crippen LogP contribution in [-0.4, -0.2) is 20.3 Å². The van der Waals surface area contributed by atoms with Gasteiger partial charge >= 0.3 is 0 Å². The summed E-state index contributed by atoms with van der Waals surface area (Å²) in [6.07, 6.45) is 5.67. The third-order valence-corrected chi connectivity index (χ3v) is 5.13. The molecule has 17 heavy (non-hydrogen) atoms. The van der Waals surface area contributed by atoms with E-state index in [9.17, 15) is 4.79 Å². The van der Waals surface area contributed by atoms with Gasteiger partial charge in [-0.1, -0.05) is 37.9 Å². The van der Waals surface area contributed by atoms with Gasteiger partial charge in [-0.05, 0) is 19.4 Å². The molecule has 1 N–H and O–H groups in total. The van der Waals surface area contributed by atoms with Gasteiger partial charge in [-0.25, -0.2) is 5.43 Å². The molecular formula is C11H11Br2N3O. The molecule has 1 atom stereocenters. The average Bonchev–Trinajstić information content (AvgIpc) is 2.81. The van der Waals surface area contributed by atoms with Crippen molar-refractivity contribution >= 4 is 44.0 Å². The molecule has 1 aliphatic carbocycles. The smallest absolute Gasteiger partial charge is 0.248 e. The summed E-state index contributed by atoms with van der Waals surface area (Å²) in [5.74, 6) is -0.105. The highest BCUT2D eigenvalue weighted by Crippen LogP contribution is 2.66. The maximum atomic E-state index is 11.8. The molecule has 2 rings (SSSR count). The van der Waals surface area contributed by atoms with Crippen molar-refractivity contribution in [2.45, 2.75) is 16.6 Å². The summed E-state index contributed by atoms with van der Waals surface area (Å²) >= 11 is 6.88. The Morgan fingerprint density at radius 3 is 2.88 bits per heavy atom. The minimum atomic E-state index is -0.445. The lowest BCUT2D eigenvalue weighted by molar-refractivity contribution is -0.125. The number of carbonyl (C=O) groups excluding carboxylic acids is 1. The van der Waals surface area contributed by atoms with Crippen LogP contribution in [0.3, 0.4) is 0 Å². The van der Waals surface area contributed by atoms with E-state index < -0.39 is 5.41 Å². The lowest BCUT2D eigenvalue weighted by Gasteiger charge is -2.09. The Bertz CT molecular complexity index is 461. The van der Waals surface area contributed by atoms with Crippen LogP contribution in [-0.2, 0) is 4.79 Å².